The molecule has 0 radical (unpaired) electrons. The van der Waals surface area contributed by atoms with Gasteiger partial charge in [-0.3, -0.25) is 9.59 Å². The van der Waals surface area contributed by atoms with Gasteiger partial charge < -0.3 is 15.9 Å². The second kappa shape index (κ2) is 5.10. The first-order chi connectivity index (χ1) is 7.50. The lowest BCUT2D eigenvalue weighted by Crippen LogP contribution is -2.35. The fourth-order valence-electron chi connectivity index (χ4n) is 1.09. The van der Waals surface area contributed by atoms with Crippen LogP contribution in [0.15, 0.2) is 0 Å². The molecule has 8 nitrogen and oxygen atoms in total. The maximum Gasteiger partial charge on any atom is 0.334 e. The Bertz CT molecular complexity index is 325. The van der Waals surface area contributed by atoms with Crippen molar-refractivity contribution in [2.45, 2.75) is 19.3 Å². The Morgan fingerprint density at radius 2 is 1.88 bits per heavy atom. The number of hydrogen-bond acceptors (Lipinski definition) is 5. The molecule has 0 atom stereocenters. The highest BCUT2D eigenvalue weighted by Crippen LogP contribution is 2.12. The number of hydroxylamine groups is 2. The fraction of sp³-hybridized carbons (Fsp3) is 0.500. The zero-order valence-corrected chi connectivity index (χ0v) is 8.39. The lowest BCUT2D eigenvalue weighted by atomic mass is 10.4. The molecular formula is C8H11N3O5. The summed E-state index contributed by atoms with van der Waals surface area (Å²) in [7, 11) is 0. The molecule has 0 unspecified atom stereocenters. The van der Waals surface area contributed by atoms with Crippen LogP contribution in [0.3, 0.4) is 0 Å². The van der Waals surface area contributed by atoms with E-state index in [9.17, 15) is 19.2 Å². The number of primary amides is 1. The number of rotatable bonds is 4. The summed E-state index contributed by atoms with van der Waals surface area (Å²) in [5.74, 6) is -1.86. The van der Waals surface area contributed by atoms with Crippen LogP contribution in [0.5, 0.6) is 0 Å². The standard InChI is InChI=1S/C8H11N3O5/c9-8(15)10-4-3-7(14)16-11-5(12)1-2-6(11)13/h1-4H2,(H3,9,10,15). The second-order valence-corrected chi connectivity index (χ2v) is 3.09. The van der Waals surface area contributed by atoms with Gasteiger partial charge in [0.25, 0.3) is 11.8 Å². The van der Waals surface area contributed by atoms with E-state index in [1.165, 1.54) is 0 Å². The Morgan fingerprint density at radius 3 is 2.38 bits per heavy atom. The predicted molar refractivity (Wildman–Crippen MR) is 49.4 cm³/mol. The molecule has 1 rings (SSSR count). The molecule has 8 heteroatoms. The molecule has 0 aromatic rings. The van der Waals surface area contributed by atoms with Crippen LogP contribution in [0.2, 0.25) is 0 Å². The van der Waals surface area contributed by atoms with Crippen LogP contribution in [0.25, 0.3) is 0 Å². The molecule has 1 saturated heterocycles. The van der Waals surface area contributed by atoms with E-state index in [-0.39, 0.29) is 25.8 Å². The Kier molecular flexibility index (Phi) is 3.81. The maximum atomic E-state index is 11.1. The first-order valence-corrected chi connectivity index (χ1v) is 4.60. The third kappa shape index (κ3) is 3.23. The van der Waals surface area contributed by atoms with Crippen LogP contribution in [-0.4, -0.2) is 35.4 Å². The van der Waals surface area contributed by atoms with Crippen LogP contribution in [0.1, 0.15) is 19.3 Å². The van der Waals surface area contributed by atoms with Gasteiger partial charge >= 0.3 is 12.0 Å². The molecule has 1 aliphatic heterocycles. The van der Waals surface area contributed by atoms with Gasteiger partial charge in [0.1, 0.15) is 0 Å². The van der Waals surface area contributed by atoms with Gasteiger partial charge in [-0.1, -0.05) is 0 Å². The van der Waals surface area contributed by atoms with Crippen LogP contribution in [0, 0.1) is 0 Å². The Labute approximate surface area is 90.7 Å². The molecule has 4 amide bonds. The highest BCUT2D eigenvalue weighted by atomic mass is 16.7. The Hall–Kier alpha value is -2.12. The number of hydrogen-bond donors (Lipinski definition) is 2. The summed E-state index contributed by atoms with van der Waals surface area (Å²) in [6, 6.07) is -0.763. The van der Waals surface area contributed by atoms with Gasteiger partial charge in [-0.15, -0.1) is 5.06 Å². The summed E-state index contributed by atoms with van der Waals surface area (Å²) in [6.07, 6.45) is -0.0721. The zero-order chi connectivity index (χ0) is 12.1. The minimum Gasteiger partial charge on any atom is -0.352 e. The Balaban J connectivity index is 2.31. The van der Waals surface area contributed by atoms with Crippen molar-refractivity contribution in [3.63, 3.8) is 0 Å². The van der Waals surface area contributed by atoms with Crippen molar-refractivity contribution < 1.29 is 24.0 Å². The number of imide groups is 1. The van der Waals surface area contributed by atoms with Crippen LogP contribution in [-0.2, 0) is 19.2 Å². The highest BCUT2D eigenvalue weighted by molar-refractivity contribution is 6.01. The van der Waals surface area contributed by atoms with Gasteiger partial charge in [-0.25, -0.2) is 9.59 Å². The largest absolute Gasteiger partial charge is 0.352 e. The van der Waals surface area contributed by atoms with Crippen LogP contribution >= 0.6 is 0 Å². The highest BCUT2D eigenvalue weighted by Gasteiger charge is 2.32. The van der Waals surface area contributed by atoms with E-state index in [4.69, 9.17) is 5.73 Å². The molecule has 1 aliphatic rings. The van der Waals surface area contributed by atoms with Gasteiger partial charge in [0, 0.05) is 19.4 Å². The molecule has 16 heavy (non-hydrogen) atoms. The van der Waals surface area contributed by atoms with E-state index in [1.54, 1.807) is 0 Å². The monoisotopic (exact) mass is 229 g/mol. The number of carbonyl (C=O) groups excluding carboxylic acids is 4. The molecule has 0 saturated carbocycles. The summed E-state index contributed by atoms with van der Waals surface area (Å²) in [5.41, 5.74) is 4.77. The molecular weight excluding hydrogens is 218 g/mol. The Morgan fingerprint density at radius 1 is 1.31 bits per heavy atom. The molecule has 3 N–H and O–H groups in total. The van der Waals surface area contributed by atoms with E-state index >= 15 is 0 Å². The molecule has 0 spiro atoms. The summed E-state index contributed by atoms with van der Waals surface area (Å²) in [5, 5.41) is 2.62. The molecule has 0 bridgehead atoms. The minimum absolute atomic E-state index is 0.00954. The molecule has 1 fully saturated rings. The van der Waals surface area contributed by atoms with Crippen molar-refractivity contribution in [1.29, 1.82) is 0 Å². The second-order valence-electron chi connectivity index (χ2n) is 3.09. The number of carbonyl (C=O) groups is 4. The third-order valence-electron chi connectivity index (χ3n) is 1.83. The van der Waals surface area contributed by atoms with Gasteiger partial charge in [0.2, 0.25) is 0 Å². The van der Waals surface area contributed by atoms with Gasteiger partial charge in [0.15, 0.2) is 0 Å². The number of amides is 4. The summed E-state index contributed by atoms with van der Waals surface area (Å²) >= 11 is 0. The minimum atomic E-state index is -0.780. The predicted octanol–water partition coefficient (Wildman–Crippen LogP) is -1.35. The van der Waals surface area contributed by atoms with Gasteiger partial charge in [-0.05, 0) is 0 Å². The molecule has 0 aromatic carbocycles. The van der Waals surface area contributed by atoms with Crippen molar-refractivity contribution >= 4 is 23.8 Å². The van der Waals surface area contributed by atoms with E-state index in [0.29, 0.717) is 5.06 Å². The summed E-state index contributed by atoms with van der Waals surface area (Å²) in [4.78, 5) is 48.0. The smallest absolute Gasteiger partial charge is 0.334 e. The van der Waals surface area contributed by atoms with E-state index in [2.05, 4.69) is 10.2 Å². The summed E-state index contributed by atoms with van der Waals surface area (Å²) < 4.78 is 0. The maximum absolute atomic E-state index is 11.1. The van der Waals surface area contributed by atoms with Crippen LogP contribution < -0.4 is 11.1 Å². The van der Waals surface area contributed by atoms with Crippen molar-refractivity contribution in [2.75, 3.05) is 6.54 Å². The van der Waals surface area contributed by atoms with Gasteiger partial charge in [-0.2, -0.15) is 0 Å². The van der Waals surface area contributed by atoms with Crippen molar-refractivity contribution in [3.8, 4) is 0 Å². The average Bonchev–Trinajstić information content (AvgIpc) is 2.49. The van der Waals surface area contributed by atoms with Crippen molar-refractivity contribution in [2.24, 2.45) is 5.73 Å². The molecule has 0 aromatic heterocycles. The van der Waals surface area contributed by atoms with Crippen molar-refractivity contribution in [3.05, 3.63) is 0 Å². The number of urea groups is 1. The lowest BCUT2D eigenvalue weighted by molar-refractivity contribution is -0.197. The van der Waals surface area contributed by atoms with E-state index in [1.807, 2.05) is 0 Å². The number of nitrogens with one attached hydrogen (secondary N) is 1. The lowest BCUT2D eigenvalue weighted by Gasteiger charge is -2.12. The van der Waals surface area contributed by atoms with E-state index < -0.39 is 23.8 Å². The topological polar surface area (TPSA) is 119 Å². The van der Waals surface area contributed by atoms with Crippen molar-refractivity contribution in [1.82, 2.24) is 10.4 Å². The first kappa shape index (κ1) is 12.0. The normalized spacial score (nSPS) is 15.1. The number of nitrogens with two attached hydrogens (primary N) is 1. The molecule has 88 valence electrons. The molecule has 0 aliphatic carbocycles. The average molecular weight is 229 g/mol. The number of nitrogens with zero attached hydrogens (tertiary/aromatic N) is 1. The van der Waals surface area contributed by atoms with Crippen LogP contribution in [0.4, 0.5) is 4.79 Å². The van der Waals surface area contributed by atoms with Gasteiger partial charge in [0.05, 0.1) is 6.42 Å². The third-order valence-corrected chi connectivity index (χ3v) is 1.83. The van der Waals surface area contributed by atoms with E-state index in [0.717, 1.165) is 0 Å². The fourth-order valence-corrected chi connectivity index (χ4v) is 1.09. The first-order valence-electron chi connectivity index (χ1n) is 4.60. The summed E-state index contributed by atoms with van der Waals surface area (Å²) in [6.45, 7) is -0.00954. The zero-order valence-electron chi connectivity index (χ0n) is 8.39. The SMILES string of the molecule is NC(=O)NCCC(=O)ON1C(=O)CCC1=O. The molecule has 1 heterocycles. The quantitative estimate of drug-likeness (QED) is 0.578.